The van der Waals surface area contributed by atoms with Gasteiger partial charge in [0.05, 0.1) is 5.02 Å². The number of amides is 1. The number of aryl methyl sites for hydroxylation is 1. The number of halogens is 2. The first kappa shape index (κ1) is 18.4. The quantitative estimate of drug-likeness (QED) is 0.705. The van der Waals surface area contributed by atoms with Crippen LogP contribution in [-0.2, 0) is 4.79 Å². The molecule has 27 heavy (non-hydrogen) atoms. The minimum Gasteiger partial charge on any atom is -0.484 e. The molecule has 1 aromatic carbocycles. The van der Waals surface area contributed by atoms with Gasteiger partial charge in [-0.25, -0.2) is 9.37 Å². The summed E-state index contributed by atoms with van der Waals surface area (Å²) < 4.78 is 18.7. The molecular weight excluding hydrogens is 391 g/mol. The maximum Gasteiger partial charge on any atom is 0.258 e. The monoisotopic (exact) mass is 408 g/mol. The van der Waals surface area contributed by atoms with Gasteiger partial charge in [-0.3, -0.25) is 9.59 Å². The molecule has 0 atom stereocenters. The number of thiazole rings is 1. The third-order valence-electron chi connectivity index (χ3n) is 5.20. The molecule has 2 bridgehead atoms. The lowest BCUT2D eigenvalue weighted by atomic mass is 9.38. The summed E-state index contributed by atoms with van der Waals surface area (Å²) in [5.41, 5.74) is 0.653. The van der Waals surface area contributed by atoms with Crippen molar-refractivity contribution in [3.63, 3.8) is 0 Å². The highest BCUT2D eigenvalue weighted by Crippen LogP contribution is 2.69. The zero-order valence-electron chi connectivity index (χ0n) is 14.7. The van der Waals surface area contributed by atoms with Crippen molar-refractivity contribution >= 4 is 34.6 Å². The van der Waals surface area contributed by atoms with E-state index < -0.39 is 5.82 Å². The number of hydrogen-bond donors (Lipinski definition) is 1. The number of benzene rings is 1. The molecule has 1 heterocycles. The van der Waals surface area contributed by atoms with Gasteiger partial charge in [-0.1, -0.05) is 11.6 Å². The van der Waals surface area contributed by atoms with Gasteiger partial charge in [-0.15, -0.1) is 11.3 Å². The van der Waals surface area contributed by atoms with Crippen molar-refractivity contribution in [2.75, 3.05) is 6.61 Å². The minimum atomic E-state index is -0.587. The Morgan fingerprint density at radius 1 is 1.37 bits per heavy atom. The fourth-order valence-electron chi connectivity index (χ4n) is 4.26. The van der Waals surface area contributed by atoms with E-state index in [9.17, 15) is 14.0 Å². The molecule has 0 spiro atoms. The second kappa shape index (κ2) is 6.56. The van der Waals surface area contributed by atoms with Crippen LogP contribution < -0.4 is 10.1 Å². The number of hydrogen-bond acceptors (Lipinski definition) is 5. The molecule has 1 N–H and O–H groups in total. The first-order valence-electron chi connectivity index (χ1n) is 8.62. The van der Waals surface area contributed by atoms with Gasteiger partial charge in [0, 0.05) is 29.1 Å². The normalized spacial score (nSPS) is 25.3. The van der Waals surface area contributed by atoms with E-state index in [1.165, 1.54) is 23.5 Å². The van der Waals surface area contributed by atoms with Gasteiger partial charge < -0.3 is 10.1 Å². The molecule has 0 saturated heterocycles. The Bertz CT molecular complexity index is 910. The van der Waals surface area contributed by atoms with E-state index in [2.05, 4.69) is 10.3 Å². The van der Waals surface area contributed by atoms with Gasteiger partial charge in [0.25, 0.3) is 5.91 Å². The number of ketones is 1. The molecule has 142 valence electrons. The molecule has 3 saturated carbocycles. The number of rotatable bonds is 7. The molecule has 3 aliphatic rings. The Balaban J connectivity index is 1.23. The van der Waals surface area contributed by atoms with Crippen LogP contribution in [0, 0.1) is 18.2 Å². The molecule has 3 fully saturated rings. The SMILES string of the molecule is Cc1csc(C(=O)CC23CC(NC(=O)COc4ccc(Cl)c(F)c4)(C2)C3)n1. The van der Waals surface area contributed by atoms with E-state index in [0.717, 1.165) is 31.0 Å². The number of Topliss-reactive ketones (excluding diaryl/α,β-unsaturated/α-hetero) is 1. The van der Waals surface area contributed by atoms with Crippen LogP contribution in [0.3, 0.4) is 0 Å². The van der Waals surface area contributed by atoms with Crippen LogP contribution in [0.25, 0.3) is 0 Å². The third kappa shape index (κ3) is 3.58. The van der Waals surface area contributed by atoms with Crippen LogP contribution >= 0.6 is 22.9 Å². The van der Waals surface area contributed by atoms with Crippen molar-refractivity contribution in [2.24, 2.45) is 5.41 Å². The topological polar surface area (TPSA) is 68.3 Å². The van der Waals surface area contributed by atoms with E-state index in [1.807, 2.05) is 12.3 Å². The summed E-state index contributed by atoms with van der Waals surface area (Å²) >= 11 is 7.00. The van der Waals surface area contributed by atoms with Crippen molar-refractivity contribution in [3.05, 3.63) is 45.1 Å². The third-order valence-corrected chi connectivity index (χ3v) is 6.51. The van der Waals surface area contributed by atoms with Gasteiger partial charge in [0.1, 0.15) is 11.6 Å². The van der Waals surface area contributed by atoms with Gasteiger partial charge in [-0.05, 0) is 43.7 Å². The van der Waals surface area contributed by atoms with Crippen molar-refractivity contribution in [1.82, 2.24) is 10.3 Å². The minimum absolute atomic E-state index is 0.00407. The summed E-state index contributed by atoms with van der Waals surface area (Å²) in [5.74, 6) is -0.497. The van der Waals surface area contributed by atoms with E-state index in [4.69, 9.17) is 16.3 Å². The molecular formula is C19H18ClFN2O3S. The summed E-state index contributed by atoms with van der Waals surface area (Å²) in [4.78, 5) is 28.7. The standard InChI is InChI=1S/C19H18ClFN2O3S/c1-11-7-27-17(22-11)15(24)5-18-8-19(9-18,10-18)23-16(25)6-26-12-2-3-13(20)14(21)4-12/h2-4,7H,5-6,8-10H2,1H3,(H,23,25). The highest BCUT2D eigenvalue weighted by Gasteiger charge is 2.68. The highest BCUT2D eigenvalue weighted by molar-refractivity contribution is 7.11. The fraction of sp³-hybridized carbons (Fsp3) is 0.421. The lowest BCUT2D eigenvalue weighted by Gasteiger charge is -2.70. The Morgan fingerprint density at radius 2 is 2.11 bits per heavy atom. The largest absolute Gasteiger partial charge is 0.484 e. The molecule has 2 aromatic rings. The lowest BCUT2D eigenvalue weighted by Crippen LogP contribution is -2.75. The second-order valence-corrected chi connectivity index (χ2v) is 8.88. The average Bonchev–Trinajstić information content (AvgIpc) is 2.99. The molecule has 3 aliphatic carbocycles. The van der Waals surface area contributed by atoms with E-state index >= 15 is 0 Å². The van der Waals surface area contributed by atoms with Gasteiger partial charge >= 0.3 is 0 Å². The summed E-state index contributed by atoms with van der Waals surface area (Å²) in [5, 5.41) is 5.44. The van der Waals surface area contributed by atoms with E-state index in [1.54, 1.807) is 0 Å². The van der Waals surface area contributed by atoms with E-state index in [-0.39, 0.29) is 40.0 Å². The molecule has 0 aliphatic heterocycles. The zero-order valence-corrected chi connectivity index (χ0v) is 16.3. The fourth-order valence-corrected chi connectivity index (χ4v) is 5.12. The van der Waals surface area contributed by atoms with Crippen LogP contribution in [0.5, 0.6) is 5.75 Å². The first-order valence-corrected chi connectivity index (χ1v) is 9.88. The summed E-state index contributed by atoms with van der Waals surface area (Å²) in [7, 11) is 0. The zero-order chi connectivity index (χ0) is 19.2. The van der Waals surface area contributed by atoms with Gasteiger partial charge in [0.15, 0.2) is 17.4 Å². The predicted molar refractivity (Wildman–Crippen MR) is 99.9 cm³/mol. The highest BCUT2D eigenvalue weighted by atomic mass is 35.5. The molecule has 0 unspecified atom stereocenters. The van der Waals surface area contributed by atoms with Crippen LogP contribution in [0.15, 0.2) is 23.6 Å². The van der Waals surface area contributed by atoms with E-state index in [0.29, 0.717) is 11.4 Å². The number of carbonyl (C=O) groups excluding carboxylic acids is 2. The summed E-state index contributed by atoms with van der Waals surface area (Å²) in [6, 6.07) is 4.05. The maximum absolute atomic E-state index is 13.4. The number of nitrogens with zero attached hydrogens (tertiary/aromatic N) is 1. The Labute approximate surface area is 164 Å². The number of ether oxygens (including phenoxy) is 1. The van der Waals surface area contributed by atoms with Crippen molar-refractivity contribution in [2.45, 2.75) is 38.1 Å². The summed E-state index contributed by atoms with van der Waals surface area (Å²) in [6.07, 6.45) is 2.89. The second-order valence-electron chi connectivity index (χ2n) is 7.62. The van der Waals surface area contributed by atoms with Crippen LogP contribution in [0.4, 0.5) is 4.39 Å². The van der Waals surface area contributed by atoms with Crippen LogP contribution in [0.2, 0.25) is 5.02 Å². The van der Waals surface area contributed by atoms with Gasteiger partial charge in [-0.2, -0.15) is 0 Å². The first-order chi connectivity index (χ1) is 12.8. The molecule has 5 rings (SSSR count). The predicted octanol–water partition coefficient (Wildman–Crippen LogP) is 3.93. The Hall–Kier alpha value is -1.99. The maximum atomic E-state index is 13.4. The van der Waals surface area contributed by atoms with Crippen molar-refractivity contribution in [1.29, 1.82) is 0 Å². The van der Waals surface area contributed by atoms with Crippen LogP contribution in [-0.4, -0.2) is 28.8 Å². The van der Waals surface area contributed by atoms with Gasteiger partial charge in [0.2, 0.25) is 0 Å². The molecule has 1 amide bonds. The van der Waals surface area contributed by atoms with Crippen molar-refractivity contribution in [3.8, 4) is 5.75 Å². The van der Waals surface area contributed by atoms with Crippen LogP contribution in [0.1, 0.15) is 41.2 Å². The average molecular weight is 409 g/mol. The molecule has 1 aromatic heterocycles. The molecule has 0 radical (unpaired) electrons. The molecule has 8 heteroatoms. The Kier molecular flexibility index (Phi) is 4.47. The van der Waals surface area contributed by atoms with Crippen molar-refractivity contribution < 1.29 is 18.7 Å². The molecule has 5 nitrogen and oxygen atoms in total. The smallest absolute Gasteiger partial charge is 0.258 e. The number of aromatic nitrogens is 1. The lowest BCUT2D eigenvalue weighted by molar-refractivity contribution is -0.164. The number of nitrogens with one attached hydrogen (secondary N) is 1. The summed E-state index contributed by atoms with van der Waals surface area (Å²) in [6.45, 7) is 1.69. The Morgan fingerprint density at radius 3 is 2.74 bits per heavy atom. The number of carbonyl (C=O) groups is 2.